The number of rotatable bonds is 4. The lowest BCUT2D eigenvalue weighted by atomic mass is 9.91. The molecule has 0 saturated carbocycles. The molecule has 3 N–H and O–H groups in total. The minimum absolute atomic E-state index is 0.0707. The lowest BCUT2D eigenvalue weighted by Gasteiger charge is -2.36. The number of aliphatic hydroxyl groups is 1. The van der Waals surface area contributed by atoms with Crippen LogP contribution in [0.5, 0.6) is 0 Å². The van der Waals surface area contributed by atoms with Crippen LogP contribution in [0.4, 0.5) is 0 Å². The Morgan fingerprint density at radius 1 is 1.26 bits per heavy atom. The van der Waals surface area contributed by atoms with Gasteiger partial charge in [0, 0.05) is 18.6 Å². The highest BCUT2D eigenvalue weighted by Gasteiger charge is 2.33. The van der Waals surface area contributed by atoms with Crippen LogP contribution < -0.4 is 10.6 Å². The van der Waals surface area contributed by atoms with Crippen molar-refractivity contribution in [2.45, 2.75) is 39.2 Å². The summed E-state index contributed by atoms with van der Waals surface area (Å²) in [4.78, 5) is 23.5. The highest BCUT2D eigenvalue weighted by atomic mass is 16.5. The molecule has 0 aromatic carbocycles. The minimum atomic E-state index is -0.609. The number of nitrogens with one attached hydrogen (secondary N) is 2. The van der Waals surface area contributed by atoms with Crippen molar-refractivity contribution in [2.24, 2.45) is 5.41 Å². The third kappa shape index (κ3) is 4.80. The van der Waals surface area contributed by atoms with Gasteiger partial charge in [-0.2, -0.15) is 0 Å². The van der Waals surface area contributed by atoms with E-state index in [0.29, 0.717) is 26.1 Å². The summed E-state index contributed by atoms with van der Waals surface area (Å²) in [5.41, 5.74) is -1.13. The summed E-state index contributed by atoms with van der Waals surface area (Å²) < 4.78 is 5.22. The highest BCUT2D eigenvalue weighted by Crippen LogP contribution is 2.19. The largest absolute Gasteiger partial charge is 0.394 e. The van der Waals surface area contributed by atoms with Crippen molar-refractivity contribution in [1.82, 2.24) is 10.6 Å². The Morgan fingerprint density at radius 3 is 2.32 bits per heavy atom. The fraction of sp³-hybridized carbons (Fsp3) is 0.846. The fourth-order valence-corrected chi connectivity index (χ4v) is 1.85. The molecule has 1 aliphatic rings. The van der Waals surface area contributed by atoms with Gasteiger partial charge in [0.05, 0.1) is 18.7 Å². The van der Waals surface area contributed by atoms with E-state index < -0.39 is 11.0 Å². The first kappa shape index (κ1) is 15.9. The van der Waals surface area contributed by atoms with Gasteiger partial charge in [-0.3, -0.25) is 9.59 Å². The maximum Gasteiger partial charge on any atom is 0.239 e. The minimum Gasteiger partial charge on any atom is -0.394 e. The van der Waals surface area contributed by atoms with E-state index in [0.717, 1.165) is 0 Å². The Morgan fingerprint density at radius 2 is 1.84 bits per heavy atom. The molecular formula is C13H24N2O4. The fourth-order valence-electron chi connectivity index (χ4n) is 1.85. The Balaban J connectivity index is 2.44. The van der Waals surface area contributed by atoms with Gasteiger partial charge in [0.1, 0.15) is 0 Å². The first-order chi connectivity index (χ1) is 8.79. The van der Waals surface area contributed by atoms with Gasteiger partial charge in [-0.25, -0.2) is 0 Å². The number of aliphatic hydroxyl groups excluding tert-OH is 1. The summed E-state index contributed by atoms with van der Waals surface area (Å²) in [5.74, 6) is -0.457. The normalized spacial score (nSPS) is 18.7. The van der Waals surface area contributed by atoms with Crippen molar-refractivity contribution in [3.05, 3.63) is 0 Å². The van der Waals surface area contributed by atoms with Gasteiger partial charge in [-0.05, 0) is 12.8 Å². The second kappa shape index (κ2) is 6.34. The molecule has 6 nitrogen and oxygen atoms in total. The summed E-state index contributed by atoms with van der Waals surface area (Å²) in [6.07, 6.45) is 1.17. The lowest BCUT2D eigenvalue weighted by molar-refractivity contribution is -0.132. The van der Waals surface area contributed by atoms with Crippen LogP contribution in [-0.4, -0.2) is 48.8 Å². The van der Waals surface area contributed by atoms with Crippen molar-refractivity contribution in [2.75, 3.05) is 26.4 Å². The smallest absolute Gasteiger partial charge is 0.239 e. The highest BCUT2D eigenvalue weighted by molar-refractivity contribution is 5.87. The van der Waals surface area contributed by atoms with Crippen LogP contribution in [0.1, 0.15) is 33.6 Å². The van der Waals surface area contributed by atoms with Gasteiger partial charge in [0.25, 0.3) is 0 Å². The summed E-state index contributed by atoms with van der Waals surface area (Å²) in [6, 6.07) is 0. The molecule has 1 fully saturated rings. The van der Waals surface area contributed by atoms with Crippen molar-refractivity contribution in [1.29, 1.82) is 0 Å². The van der Waals surface area contributed by atoms with Crippen LogP contribution in [-0.2, 0) is 14.3 Å². The number of carbonyl (C=O) groups excluding carboxylic acids is 2. The van der Waals surface area contributed by atoms with Gasteiger partial charge < -0.3 is 20.5 Å². The molecule has 19 heavy (non-hydrogen) atoms. The molecule has 1 rings (SSSR count). The topological polar surface area (TPSA) is 87.7 Å². The van der Waals surface area contributed by atoms with Crippen molar-refractivity contribution >= 4 is 11.8 Å². The molecule has 0 unspecified atom stereocenters. The molecular weight excluding hydrogens is 248 g/mol. The molecule has 1 saturated heterocycles. The molecule has 1 aliphatic heterocycles. The molecule has 0 radical (unpaired) electrons. The van der Waals surface area contributed by atoms with Crippen LogP contribution in [0.25, 0.3) is 0 Å². The van der Waals surface area contributed by atoms with Crippen LogP contribution in [0.2, 0.25) is 0 Å². The maximum atomic E-state index is 11.8. The van der Waals surface area contributed by atoms with Crippen LogP contribution >= 0.6 is 0 Å². The summed E-state index contributed by atoms with van der Waals surface area (Å²) in [5, 5.41) is 14.8. The standard InChI is InChI=1S/C13H24N2O4/c1-12(2,3)11(18)14-8-10(17)15-13(9-16)4-6-19-7-5-13/h16H,4-9H2,1-3H3,(H,14,18)(H,15,17). The van der Waals surface area contributed by atoms with E-state index in [9.17, 15) is 14.7 Å². The second-order valence-electron chi connectivity index (χ2n) is 6.03. The average Bonchev–Trinajstić information content (AvgIpc) is 2.36. The molecule has 0 bridgehead atoms. The van der Waals surface area contributed by atoms with Crippen molar-refractivity contribution in [3.8, 4) is 0 Å². The van der Waals surface area contributed by atoms with Gasteiger partial charge in [-0.15, -0.1) is 0 Å². The Hall–Kier alpha value is -1.14. The lowest BCUT2D eigenvalue weighted by Crippen LogP contribution is -2.56. The number of hydrogen-bond donors (Lipinski definition) is 3. The van der Waals surface area contributed by atoms with E-state index in [2.05, 4.69) is 10.6 Å². The Labute approximate surface area is 113 Å². The van der Waals surface area contributed by atoms with E-state index in [1.165, 1.54) is 0 Å². The molecule has 0 atom stereocenters. The summed E-state index contributed by atoms with van der Waals surface area (Å²) in [7, 11) is 0. The molecule has 110 valence electrons. The molecule has 0 aromatic rings. The zero-order valence-electron chi connectivity index (χ0n) is 11.9. The number of hydrogen-bond acceptors (Lipinski definition) is 4. The average molecular weight is 272 g/mol. The molecule has 1 heterocycles. The van der Waals surface area contributed by atoms with Crippen LogP contribution in [0.15, 0.2) is 0 Å². The quantitative estimate of drug-likeness (QED) is 0.662. The third-order valence-corrected chi connectivity index (χ3v) is 3.25. The predicted octanol–water partition coefficient (Wildman–Crippen LogP) is -0.194. The van der Waals surface area contributed by atoms with Crippen molar-refractivity contribution in [3.63, 3.8) is 0 Å². The monoisotopic (exact) mass is 272 g/mol. The second-order valence-corrected chi connectivity index (χ2v) is 6.03. The van der Waals surface area contributed by atoms with Crippen molar-refractivity contribution < 1.29 is 19.4 Å². The number of carbonyl (C=O) groups is 2. The zero-order chi connectivity index (χ0) is 14.5. The molecule has 0 aliphatic carbocycles. The zero-order valence-corrected chi connectivity index (χ0v) is 11.9. The molecule has 2 amide bonds. The van der Waals surface area contributed by atoms with E-state index in [1.54, 1.807) is 20.8 Å². The van der Waals surface area contributed by atoms with Gasteiger partial charge >= 0.3 is 0 Å². The maximum absolute atomic E-state index is 11.8. The molecule has 0 spiro atoms. The van der Waals surface area contributed by atoms with E-state index in [4.69, 9.17) is 4.74 Å². The van der Waals surface area contributed by atoms with Crippen LogP contribution in [0, 0.1) is 5.41 Å². The van der Waals surface area contributed by atoms with Crippen LogP contribution in [0.3, 0.4) is 0 Å². The summed E-state index contributed by atoms with van der Waals surface area (Å²) >= 11 is 0. The number of ether oxygens (including phenoxy) is 1. The molecule has 6 heteroatoms. The van der Waals surface area contributed by atoms with Gasteiger partial charge in [0.2, 0.25) is 11.8 Å². The first-order valence-corrected chi connectivity index (χ1v) is 6.57. The SMILES string of the molecule is CC(C)(C)C(=O)NCC(=O)NC1(CO)CCOCC1. The van der Waals surface area contributed by atoms with E-state index in [1.807, 2.05) is 0 Å². The van der Waals surface area contributed by atoms with E-state index in [-0.39, 0.29) is 25.0 Å². The predicted molar refractivity (Wildman–Crippen MR) is 70.5 cm³/mol. The number of amides is 2. The summed E-state index contributed by atoms with van der Waals surface area (Å²) in [6.45, 7) is 6.22. The Kier molecular flexibility index (Phi) is 5.31. The van der Waals surface area contributed by atoms with Gasteiger partial charge in [-0.1, -0.05) is 20.8 Å². The molecule has 0 aromatic heterocycles. The van der Waals surface area contributed by atoms with E-state index >= 15 is 0 Å². The van der Waals surface area contributed by atoms with Gasteiger partial charge in [0.15, 0.2) is 0 Å². The third-order valence-electron chi connectivity index (χ3n) is 3.25. The first-order valence-electron chi connectivity index (χ1n) is 6.57. The Bertz CT molecular complexity index is 330.